The number of aryl methyl sites for hydroxylation is 1. The lowest BCUT2D eigenvalue weighted by Gasteiger charge is -2.13. The molecule has 0 fully saturated rings. The molecule has 3 rings (SSSR count). The number of hydrogen-bond acceptors (Lipinski definition) is 7. The number of non-ortho nitro benzene ring substituents is 1. The number of aliphatic hydroxyl groups excluding tert-OH is 1. The third-order valence-corrected chi connectivity index (χ3v) is 5.77. The summed E-state index contributed by atoms with van der Waals surface area (Å²) in [4.78, 5) is 10.1. The van der Waals surface area contributed by atoms with E-state index in [1.807, 2.05) is 0 Å². The molecular weight excluding hydrogens is 376 g/mol. The lowest BCUT2D eigenvalue weighted by molar-refractivity contribution is -0.385. The summed E-state index contributed by atoms with van der Waals surface area (Å²) in [5.74, 6) is 1.12. The van der Waals surface area contributed by atoms with Gasteiger partial charge in [0.1, 0.15) is 0 Å². The van der Waals surface area contributed by atoms with Crippen LogP contribution in [0.5, 0.6) is 11.5 Å². The van der Waals surface area contributed by atoms with Crippen LogP contribution in [-0.4, -0.2) is 31.8 Å². The largest absolute Gasteiger partial charge is 0.454 e. The molecule has 9 nitrogen and oxygen atoms in total. The molecule has 0 spiro atoms. The molecule has 0 saturated heterocycles. The first-order chi connectivity index (χ1) is 12.8. The lowest BCUT2D eigenvalue weighted by atomic mass is 10.1. The third kappa shape index (κ3) is 4.18. The molecule has 2 aromatic rings. The average molecular weight is 394 g/mol. The van der Waals surface area contributed by atoms with Crippen LogP contribution >= 0.6 is 0 Å². The van der Waals surface area contributed by atoms with Crippen molar-refractivity contribution in [1.29, 1.82) is 0 Å². The first kappa shape index (κ1) is 19.1. The van der Waals surface area contributed by atoms with Gasteiger partial charge in [0.15, 0.2) is 11.5 Å². The lowest BCUT2D eigenvalue weighted by Crippen LogP contribution is -2.26. The minimum Gasteiger partial charge on any atom is -0.454 e. The van der Waals surface area contributed by atoms with Gasteiger partial charge in [-0.05, 0) is 36.6 Å². The molecule has 2 N–H and O–H groups in total. The molecule has 1 heterocycles. The van der Waals surface area contributed by atoms with Gasteiger partial charge in [0.05, 0.1) is 15.9 Å². The summed E-state index contributed by atoms with van der Waals surface area (Å²) < 4.78 is 37.7. The predicted octanol–water partition coefficient (Wildman–Crippen LogP) is 2.03. The van der Waals surface area contributed by atoms with E-state index in [0.717, 1.165) is 6.07 Å². The first-order valence-electron chi connectivity index (χ1n) is 8.10. The second-order valence-electron chi connectivity index (χ2n) is 6.02. The highest BCUT2D eigenvalue weighted by Gasteiger charge is 2.21. The zero-order valence-corrected chi connectivity index (χ0v) is 15.2. The number of rotatable bonds is 7. The summed E-state index contributed by atoms with van der Waals surface area (Å²) in [5.41, 5.74) is 0.663. The van der Waals surface area contributed by atoms with Crippen LogP contribution in [0, 0.1) is 17.0 Å². The van der Waals surface area contributed by atoms with Crippen LogP contribution < -0.4 is 14.2 Å². The van der Waals surface area contributed by atoms with Crippen molar-refractivity contribution in [3.05, 3.63) is 57.6 Å². The summed E-state index contributed by atoms with van der Waals surface area (Å²) in [6.45, 7) is 1.64. The van der Waals surface area contributed by atoms with E-state index in [1.54, 1.807) is 25.1 Å². The predicted molar refractivity (Wildman–Crippen MR) is 95.2 cm³/mol. The maximum atomic E-state index is 12.4. The Morgan fingerprint density at radius 1 is 1.22 bits per heavy atom. The quantitative estimate of drug-likeness (QED) is 0.543. The van der Waals surface area contributed by atoms with E-state index in [1.165, 1.54) is 12.1 Å². The van der Waals surface area contributed by atoms with Crippen LogP contribution in [-0.2, 0) is 10.0 Å². The zero-order valence-electron chi connectivity index (χ0n) is 14.4. The van der Waals surface area contributed by atoms with Gasteiger partial charge in [0, 0.05) is 18.7 Å². The number of nitro groups is 1. The SMILES string of the molecule is Cc1ccc([N+](=O)[O-])cc1S(=O)(=O)NCCC(O)c1ccc2c(c1)OCO2. The Bertz CT molecular complexity index is 975. The third-order valence-electron chi connectivity index (χ3n) is 4.16. The molecule has 1 unspecified atom stereocenters. The number of fused-ring (bicyclic) bond motifs is 1. The van der Waals surface area contributed by atoms with Gasteiger partial charge in [-0.25, -0.2) is 13.1 Å². The van der Waals surface area contributed by atoms with Crippen molar-refractivity contribution in [2.75, 3.05) is 13.3 Å². The van der Waals surface area contributed by atoms with Crippen molar-refractivity contribution in [3.63, 3.8) is 0 Å². The maximum Gasteiger partial charge on any atom is 0.270 e. The molecule has 27 heavy (non-hydrogen) atoms. The number of hydrogen-bond donors (Lipinski definition) is 2. The highest BCUT2D eigenvalue weighted by molar-refractivity contribution is 7.89. The zero-order chi connectivity index (χ0) is 19.6. The molecule has 1 aliphatic heterocycles. The Hall–Kier alpha value is -2.69. The second kappa shape index (κ2) is 7.51. The molecule has 2 aromatic carbocycles. The number of aliphatic hydroxyl groups is 1. The van der Waals surface area contributed by atoms with E-state index in [-0.39, 0.29) is 30.3 Å². The van der Waals surface area contributed by atoms with Gasteiger partial charge in [-0.3, -0.25) is 10.1 Å². The number of sulfonamides is 1. The minimum atomic E-state index is -3.94. The summed E-state index contributed by atoms with van der Waals surface area (Å²) >= 11 is 0. The number of nitrogens with zero attached hydrogens (tertiary/aromatic N) is 1. The summed E-state index contributed by atoms with van der Waals surface area (Å²) in [5, 5.41) is 21.1. The Labute approximate surface area is 155 Å². The Kier molecular flexibility index (Phi) is 5.31. The van der Waals surface area contributed by atoms with Crippen LogP contribution in [0.25, 0.3) is 0 Å². The van der Waals surface area contributed by atoms with Gasteiger partial charge in [-0.15, -0.1) is 0 Å². The molecule has 0 saturated carbocycles. The van der Waals surface area contributed by atoms with Gasteiger partial charge in [0.25, 0.3) is 5.69 Å². The summed E-state index contributed by atoms with van der Waals surface area (Å²) in [6.07, 6.45) is -0.791. The van der Waals surface area contributed by atoms with Crippen molar-refractivity contribution in [1.82, 2.24) is 4.72 Å². The Morgan fingerprint density at radius 2 is 1.96 bits per heavy atom. The van der Waals surface area contributed by atoms with E-state index in [2.05, 4.69) is 4.72 Å². The van der Waals surface area contributed by atoms with E-state index in [0.29, 0.717) is 22.6 Å². The molecule has 1 atom stereocenters. The molecule has 0 amide bonds. The average Bonchev–Trinajstić information content (AvgIpc) is 3.09. The number of benzene rings is 2. The van der Waals surface area contributed by atoms with Crippen LogP contribution in [0.15, 0.2) is 41.3 Å². The number of nitro benzene ring substituents is 1. The van der Waals surface area contributed by atoms with Gasteiger partial charge in [0.2, 0.25) is 16.8 Å². The monoisotopic (exact) mass is 394 g/mol. The molecule has 0 aliphatic carbocycles. The highest BCUT2D eigenvalue weighted by atomic mass is 32.2. The number of nitrogens with one attached hydrogen (secondary N) is 1. The van der Waals surface area contributed by atoms with Gasteiger partial charge >= 0.3 is 0 Å². The maximum absolute atomic E-state index is 12.4. The standard InChI is InChI=1S/C17H18N2O7S/c1-11-2-4-13(19(21)22)9-17(11)27(23,24)18-7-6-14(20)12-3-5-15-16(8-12)26-10-25-15/h2-5,8-9,14,18,20H,6-7,10H2,1H3. The molecule has 144 valence electrons. The Morgan fingerprint density at radius 3 is 2.70 bits per heavy atom. The molecule has 0 bridgehead atoms. The van der Waals surface area contributed by atoms with Crippen molar-refractivity contribution < 1.29 is 27.9 Å². The fraction of sp³-hybridized carbons (Fsp3) is 0.294. The van der Waals surface area contributed by atoms with Crippen molar-refractivity contribution in [2.45, 2.75) is 24.3 Å². The van der Waals surface area contributed by atoms with Gasteiger partial charge in [-0.1, -0.05) is 12.1 Å². The minimum absolute atomic E-state index is 0.0416. The molecule has 1 aliphatic rings. The summed E-state index contributed by atoms with van der Waals surface area (Å²) in [6, 6.07) is 8.65. The fourth-order valence-electron chi connectivity index (χ4n) is 2.69. The molecule has 0 aromatic heterocycles. The fourth-order valence-corrected chi connectivity index (χ4v) is 4.00. The molecular formula is C17H18N2O7S. The van der Waals surface area contributed by atoms with Crippen LogP contribution in [0.3, 0.4) is 0 Å². The smallest absolute Gasteiger partial charge is 0.270 e. The van der Waals surface area contributed by atoms with Gasteiger partial charge in [-0.2, -0.15) is 0 Å². The molecule has 10 heteroatoms. The van der Waals surface area contributed by atoms with Crippen molar-refractivity contribution >= 4 is 15.7 Å². The van der Waals surface area contributed by atoms with E-state index in [9.17, 15) is 23.6 Å². The topological polar surface area (TPSA) is 128 Å². The van der Waals surface area contributed by atoms with Crippen LogP contribution in [0.1, 0.15) is 23.7 Å². The van der Waals surface area contributed by atoms with Crippen LogP contribution in [0.4, 0.5) is 5.69 Å². The first-order valence-corrected chi connectivity index (χ1v) is 9.58. The molecule has 0 radical (unpaired) electrons. The van der Waals surface area contributed by atoms with Crippen LogP contribution in [0.2, 0.25) is 0 Å². The number of ether oxygens (including phenoxy) is 2. The summed E-state index contributed by atoms with van der Waals surface area (Å²) in [7, 11) is -3.94. The van der Waals surface area contributed by atoms with E-state index in [4.69, 9.17) is 9.47 Å². The Balaban J connectivity index is 1.66. The van der Waals surface area contributed by atoms with E-state index < -0.39 is 21.1 Å². The van der Waals surface area contributed by atoms with E-state index >= 15 is 0 Å². The van der Waals surface area contributed by atoms with Crippen molar-refractivity contribution in [3.8, 4) is 11.5 Å². The second-order valence-corrected chi connectivity index (χ2v) is 7.76. The van der Waals surface area contributed by atoms with Gasteiger partial charge < -0.3 is 14.6 Å². The highest BCUT2D eigenvalue weighted by Crippen LogP contribution is 2.34. The van der Waals surface area contributed by atoms with Crippen molar-refractivity contribution in [2.24, 2.45) is 0 Å². The normalized spacial score (nSPS) is 14.1.